The molecular formula is C24H24ClN7O4. The van der Waals surface area contributed by atoms with E-state index in [0.717, 1.165) is 12.8 Å². The van der Waals surface area contributed by atoms with Gasteiger partial charge in [-0.2, -0.15) is 10.2 Å². The van der Waals surface area contributed by atoms with Crippen LogP contribution in [0.25, 0.3) is 16.9 Å². The molecule has 1 saturated heterocycles. The molecule has 1 aliphatic rings. The van der Waals surface area contributed by atoms with Gasteiger partial charge in [0.2, 0.25) is 5.91 Å². The van der Waals surface area contributed by atoms with Crippen molar-refractivity contribution in [2.45, 2.75) is 25.4 Å². The van der Waals surface area contributed by atoms with Crippen LogP contribution in [0.1, 0.15) is 23.2 Å². The fourth-order valence-electron chi connectivity index (χ4n) is 4.10. The number of halogens is 1. The zero-order valence-electron chi connectivity index (χ0n) is 19.5. The van der Waals surface area contributed by atoms with Gasteiger partial charge in [0.05, 0.1) is 19.0 Å². The number of hydrogen-bond acceptors (Lipinski definition) is 7. The van der Waals surface area contributed by atoms with Crippen LogP contribution in [0.5, 0.6) is 5.75 Å². The Morgan fingerprint density at radius 2 is 2.11 bits per heavy atom. The molecule has 0 bridgehead atoms. The lowest BCUT2D eigenvalue weighted by molar-refractivity contribution is -0.123. The molecular weight excluding hydrogens is 486 g/mol. The second-order valence-corrected chi connectivity index (χ2v) is 8.72. The van der Waals surface area contributed by atoms with Crippen LogP contribution in [0.15, 0.2) is 49.1 Å². The first kappa shape index (κ1) is 23.8. The summed E-state index contributed by atoms with van der Waals surface area (Å²) in [7, 11) is 1.54. The van der Waals surface area contributed by atoms with Crippen LogP contribution in [-0.4, -0.2) is 62.6 Å². The monoisotopic (exact) mass is 509 g/mol. The van der Waals surface area contributed by atoms with Gasteiger partial charge in [0.1, 0.15) is 23.6 Å². The molecule has 36 heavy (non-hydrogen) atoms. The van der Waals surface area contributed by atoms with E-state index in [9.17, 15) is 9.59 Å². The normalized spacial score (nSPS) is 14.1. The Morgan fingerprint density at radius 3 is 2.92 bits per heavy atom. The molecule has 2 amide bonds. The van der Waals surface area contributed by atoms with Crippen molar-refractivity contribution in [2.75, 3.05) is 25.6 Å². The minimum atomic E-state index is -0.419. The van der Waals surface area contributed by atoms with E-state index in [2.05, 4.69) is 25.8 Å². The molecule has 0 atom stereocenters. The SMILES string of the molecule is COc1ccc(Cl)cc1-c1nn(CC(=O)NC2CCOCC2)cc1NC(=O)c1cnn2cccnc12. The number of carbonyl (C=O) groups excluding carboxylic acids is 2. The lowest BCUT2D eigenvalue weighted by Gasteiger charge is -2.23. The summed E-state index contributed by atoms with van der Waals surface area (Å²) < 4.78 is 13.8. The van der Waals surface area contributed by atoms with Crippen LogP contribution >= 0.6 is 11.6 Å². The number of fused-ring (bicyclic) bond motifs is 1. The van der Waals surface area contributed by atoms with E-state index in [0.29, 0.717) is 52.1 Å². The number of methoxy groups -OCH3 is 1. The highest BCUT2D eigenvalue weighted by Crippen LogP contribution is 2.36. The molecule has 2 N–H and O–H groups in total. The van der Waals surface area contributed by atoms with Gasteiger partial charge in [-0.3, -0.25) is 14.3 Å². The Labute approximate surface area is 211 Å². The third-order valence-electron chi connectivity index (χ3n) is 5.84. The van der Waals surface area contributed by atoms with E-state index in [4.69, 9.17) is 21.1 Å². The van der Waals surface area contributed by atoms with Gasteiger partial charge in [-0.1, -0.05) is 11.6 Å². The average Bonchev–Trinajstić information content (AvgIpc) is 3.48. The second kappa shape index (κ2) is 10.3. The van der Waals surface area contributed by atoms with Crippen LogP contribution in [0, 0.1) is 0 Å². The molecule has 1 aliphatic heterocycles. The predicted molar refractivity (Wildman–Crippen MR) is 132 cm³/mol. The number of ether oxygens (including phenoxy) is 2. The minimum absolute atomic E-state index is 0.0264. The van der Waals surface area contributed by atoms with Crippen molar-refractivity contribution >= 4 is 34.7 Å². The third-order valence-corrected chi connectivity index (χ3v) is 6.08. The minimum Gasteiger partial charge on any atom is -0.496 e. The number of hydrogen-bond donors (Lipinski definition) is 2. The molecule has 0 unspecified atom stereocenters. The highest BCUT2D eigenvalue weighted by atomic mass is 35.5. The van der Waals surface area contributed by atoms with Crippen molar-refractivity contribution in [2.24, 2.45) is 0 Å². The Bertz CT molecular complexity index is 1410. The number of benzene rings is 1. The zero-order valence-corrected chi connectivity index (χ0v) is 20.2. The van der Waals surface area contributed by atoms with E-state index in [-0.39, 0.29) is 18.5 Å². The summed E-state index contributed by atoms with van der Waals surface area (Å²) in [6.45, 7) is 1.22. The highest BCUT2D eigenvalue weighted by molar-refractivity contribution is 6.31. The molecule has 0 saturated carbocycles. The summed E-state index contributed by atoms with van der Waals surface area (Å²) >= 11 is 6.26. The molecule has 4 aromatic rings. The largest absolute Gasteiger partial charge is 0.496 e. The topological polar surface area (TPSA) is 125 Å². The molecule has 186 valence electrons. The van der Waals surface area contributed by atoms with Crippen LogP contribution < -0.4 is 15.4 Å². The number of nitrogens with one attached hydrogen (secondary N) is 2. The molecule has 11 nitrogen and oxygen atoms in total. The number of rotatable bonds is 7. The van der Waals surface area contributed by atoms with Gasteiger partial charge in [-0.15, -0.1) is 0 Å². The molecule has 3 aromatic heterocycles. The lowest BCUT2D eigenvalue weighted by Crippen LogP contribution is -2.40. The van der Waals surface area contributed by atoms with E-state index in [1.165, 1.54) is 22.5 Å². The molecule has 0 aliphatic carbocycles. The van der Waals surface area contributed by atoms with Gasteiger partial charge in [-0.25, -0.2) is 9.50 Å². The van der Waals surface area contributed by atoms with E-state index >= 15 is 0 Å². The Kier molecular flexibility index (Phi) is 6.83. The fraction of sp³-hybridized carbons (Fsp3) is 0.292. The molecule has 0 radical (unpaired) electrons. The summed E-state index contributed by atoms with van der Waals surface area (Å²) in [4.78, 5) is 30.1. The van der Waals surface area contributed by atoms with E-state index in [1.54, 1.807) is 42.9 Å². The molecule has 1 fully saturated rings. The number of carbonyl (C=O) groups is 2. The molecule has 4 heterocycles. The highest BCUT2D eigenvalue weighted by Gasteiger charge is 2.22. The number of amides is 2. The van der Waals surface area contributed by atoms with E-state index < -0.39 is 5.91 Å². The van der Waals surface area contributed by atoms with Crippen molar-refractivity contribution in [1.29, 1.82) is 0 Å². The lowest BCUT2D eigenvalue weighted by atomic mass is 10.1. The van der Waals surface area contributed by atoms with Gasteiger partial charge < -0.3 is 20.1 Å². The maximum atomic E-state index is 13.2. The van der Waals surface area contributed by atoms with Gasteiger partial charge in [0.15, 0.2) is 5.65 Å². The van der Waals surface area contributed by atoms with Crippen LogP contribution in [0.4, 0.5) is 5.69 Å². The van der Waals surface area contributed by atoms with Gasteiger partial charge >= 0.3 is 0 Å². The maximum absolute atomic E-state index is 13.2. The number of nitrogens with zero attached hydrogens (tertiary/aromatic N) is 5. The Morgan fingerprint density at radius 1 is 1.28 bits per heavy atom. The maximum Gasteiger partial charge on any atom is 0.261 e. The smallest absolute Gasteiger partial charge is 0.261 e. The van der Waals surface area contributed by atoms with Crippen molar-refractivity contribution in [3.63, 3.8) is 0 Å². The summed E-state index contributed by atoms with van der Waals surface area (Å²) in [5, 5.41) is 15.2. The fourth-order valence-corrected chi connectivity index (χ4v) is 4.27. The van der Waals surface area contributed by atoms with Crippen LogP contribution in [-0.2, 0) is 16.1 Å². The van der Waals surface area contributed by atoms with Crippen molar-refractivity contribution in [3.8, 4) is 17.0 Å². The first-order chi connectivity index (χ1) is 17.5. The standard InChI is InChI=1S/C24H24ClN7O4/c1-35-20-4-3-15(25)11-17(20)22-19(29-24(34)18-12-27-32-8-2-7-26-23(18)32)13-31(30-22)14-21(33)28-16-5-9-36-10-6-16/h2-4,7-8,11-13,16H,5-6,9-10,14H2,1H3,(H,28,33)(H,29,34). The molecule has 5 rings (SSSR count). The second-order valence-electron chi connectivity index (χ2n) is 8.29. The quantitative estimate of drug-likeness (QED) is 0.392. The molecule has 12 heteroatoms. The van der Waals surface area contributed by atoms with Gasteiger partial charge in [0, 0.05) is 48.4 Å². The number of aromatic nitrogens is 5. The molecule has 0 spiro atoms. The zero-order chi connectivity index (χ0) is 25.1. The summed E-state index contributed by atoms with van der Waals surface area (Å²) in [6.07, 6.45) is 7.89. The van der Waals surface area contributed by atoms with Crippen molar-refractivity contribution < 1.29 is 19.1 Å². The predicted octanol–water partition coefficient (Wildman–Crippen LogP) is 2.80. The summed E-state index contributed by atoms with van der Waals surface area (Å²) in [5.74, 6) is -0.0830. The Hall–Kier alpha value is -3.96. The molecule has 1 aromatic carbocycles. The first-order valence-corrected chi connectivity index (χ1v) is 11.8. The summed E-state index contributed by atoms with van der Waals surface area (Å²) in [5.41, 5.74) is 2.08. The van der Waals surface area contributed by atoms with Crippen LogP contribution in [0.3, 0.4) is 0 Å². The average molecular weight is 510 g/mol. The summed E-state index contributed by atoms with van der Waals surface area (Å²) in [6, 6.07) is 6.90. The van der Waals surface area contributed by atoms with Gasteiger partial charge in [0.25, 0.3) is 5.91 Å². The Balaban J connectivity index is 1.46. The van der Waals surface area contributed by atoms with Gasteiger partial charge in [-0.05, 0) is 37.1 Å². The van der Waals surface area contributed by atoms with Crippen molar-refractivity contribution in [3.05, 3.63) is 59.6 Å². The number of anilines is 1. The first-order valence-electron chi connectivity index (χ1n) is 11.4. The van der Waals surface area contributed by atoms with E-state index in [1.807, 2.05) is 0 Å². The van der Waals surface area contributed by atoms with Crippen LogP contribution in [0.2, 0.25) is 5.02 Å². The van der Waals surface area contributed by atoms with Crippen molar-refractivity contribution in [1.82, 2.24) is 29.7 Å². The third kappa shape index (κ3) is 5.02.